The van der Waals surface area contributed by atoms with E-state index in [2.05, 4.69) is 10.3 Å². The molecule has 0 aliphatic rings. The Morgan fingerprint density at radius 3 is 2.71 bits per heavy atom. The van der Waals surface area contributed by atoms with Crippen molar-refractivity contribution in [2.24, 2.45) is 0 Å². The van der Waals surface area contributed by atoms with E-state index in [1.54, 1.807) is 49.7 Å². The van der Waals surface area contributed by atoms with Gasteiger partial charge < -0.3 is 19.9 Å². The van der Waals surface area contributed by atoms with Crippen molar-refractivity contribution in [3.05, 3.63) is 66.0 Å². The highest BCUT2D eigenvalue weighted by Gasteiger charge is 2.20. The number of carbonyl (C=O) groups is 2. The van der Waals surface area contributed by atoms with Crippen molar-refractivity contribution in [3.8, 4) is 11.5 Å². The lowest BCUT2D eigenvalue weighted by molar-refractivity contribution is -0.139. The number of ether oxygens (including phenoxy) is 2. The summed E-state index contributed by atoms with van der Waals surface area (Å²) >= 11 is 0. The van der Waals surface area contributed by atoms with Gasteiger partial charge in [0.2, 0.25) is 0 Å². The predicted octanol–water partition coefficient (Wildman–Crippen LogP) is 3.21. The molecule has 0 bridgehead atoms. The van der Waals surface area contributed by atoms with E-state index in [0.29, 0.717) is 30.3 Å². The molecule has 1 atom stereocenters. The van der Waals surface area contributed by atoms with Crippen LogP contribution in [0.15, 0.2) is 54.9 Å². The Balaban J connectivity index is 2.13. The predicted molar refractivity (Wildman–Crippen MR) is 105 cm³/mol. The summed E-state index contributed by atoms with van der Waals surface area (Å²) < 4.78 is 11.4. The minimum absolute atomic E-state index is 0.211. The number of aliphatic carboxylic acids is 1. The highest BCUT2D eigenvalue weighted by Crippen LogP contribution is 2.29. The second-order valence-electron chi connectivity index (χ2n) is 5.91. The number of pyridine rings is 1. The molecule has 1 aromatic heterocycles. The first-order chi connectivity index (χ1) is 13.5. The summed E-state index contributed by atoms with van der Waals surface area (Å²) in [6.45, 7) is 4.33. The molecule has 28 heavy (non-hydrogen) atoms. The second kappa shape index (κ2) is 10.7. The van der Waals surface area contributed by atoms with E-state index in [9.17, 15) is 14.7 Å². The standard InChI is InChI=1S/C21H24N2O5/c1-3-5-8-17(21(25)26)23-20(24)16-9-10-18(19(12-16)27-4-2)28-14-15-7-6-11-22-13-15/h3,5-7,9-13,17H,4,8,14H2,1-2H3,(H,23,24)(H,25,26)/b5-3+. The molecule has 0 aliphatic carbocycles. The summed E-state index contributed by atoms with van der Waals surface area (Å²) in [5.74, 6) is -0.671. The zero-order chi connectivity index (χ0) is 20.4. The molecule has 0 spiro atoms. The van der Waals surface area contributed by atoms with Crippen molar-refractivity contribution < 1.29 is 24.2 Å². The molecule has 0 aliphatic heterocycles. The largest absolute Gasteiger partial charge is 0.490 e. The third kappa shape index (κ3) is 6.12. The molecule has 7 nitrogen and oxygen atoms in total. The van der Waals surface area contributed by atoms with E-state index in [4.69, 9.17) is 9.47 Å². The molecule has 7 heteroatoms. The molecule has 1 aromatic carbocycles. The Morgan fingerprint density at radius 2 is 2.07 bits per heavy atom. The normalized spacial score (nSPS) is 11.8. The molecule has 1 amide bonds. The van der Waals surface area contributed by atoms with Crippen LogP contribution in [-0.4, -0.2) is 34.6 Å². The van der Waals surface area contributed by atoms with E-state index >= 15 is 0 Å². The average Bonchev–Trinajstić information content (AvgIpc) is 2.70. The van der Waals surface area contributed by atoms with Crippen molar-refractivity contribution in [2.45, 2.75) is 32.9 Å². The smallest absolute Gasteiger partial charge is 0.326 e. The molecule has 0 saturated carbocycles. The molecular weight excluding hydrogens is 360 g/mol. The van der Waals surface area contributed by atoms with Crippen LogP contribution in [-0.2, 0) is 11.4 Å². The fourth-order valence-electron chi connectivity index (χ4n) is 2.42. The van der Waals surface area contributed by atoms with Gasteiger partial charge in [0.15, 0.2) is 11.5 Å². The lowest BCUT2D eigenvalue weighted by Gasteiger charge is -2.15. The SMILES string of the molecule is C/C=C/CC(NC(=O)c1ccc(OCc2cccnc2)c(OCC)c1)C(=O)O. The first kappa shape index (κ1) is 21.0. The van der Waals surface area contributed by atoms with Crippen molar-refractivity contribution >= 4 is 11.9 Å². The van der Waals surface area contributed by atoms with Gasteiger partial charge in [-0.2, -0.15) is 0 Å². The number of hydrogen-bond acceptors (Lipinski definition) is 5. The number of hydrogen-bond donors (Lipinski definition) is 2. The van der Waals surface area contributed by atoms with Gasteiger partial charge in [-0.15, -0.1) is 0 Å². The number of aromatic nitrogens is 1. The summed E-state index contributed by atoms with van der Waals surface area (Å²) in [5, 5.41) is 11.8. The number of benzene rings is 1. The first-order valence-corrected chi connectivity index (χ1v) is 8.98. The minimum atomic E-state index is -1.09. The van der Waals surface area contributed by atoms with E-state index in [-0.39, 0.29) is 6.42 Å². The number of allylic oxidation sites excluding steroid dienone is 1. The number of amides is 1. The van der Waals surface area contributed by atoms with Crippen molar-refractivity contribution in [2.75, 3.05) is 6.61 Å². The van der Waals surface area contributed by atoms with Crippen molar-refractivity contribution in [1.29, 1.82) is 0 Å². The Labute approximate surface area is 164 Å². The third-order valence-corrected chi connectivity index (χ3v) is 3.83. The van der Waals surface area contributed by atoms with Crippen LogP contribution in [0.2, 0.25) is 0 Å². The molecule has 2 N–H and O–H groups in total. The third-order valence-electron chi connectivity index (χ3n) is 3.83. The van der Waals surface area contributed by atoms with Gasteiger partial charge in [0, 0.05) is 23.5 Å². The van der Waals surface area contributed by atoms with Crippen LogP contribution >= 0.6 is 0 Å². The molecule has 1 heterocycles. The fraction of sp³-hybridized carbons (Fsp3) is 0.286. The molecular formula is C21H24N2O5. The first-order valence-electron chi connectivity index (χ1n) is 8.98. The Hall–Kier alpha value is -3.35. The topological polar surface area (TPSA) is 97.8 Å². The van der Waals surface area contributed by atoms with Gasteiger partial charge in [-0.3, -0.25) is 9.78 Å². The van der Waals surface area contributed by atoms with Gasteiger partial charge in [-0.05, 0) is 44.5 Å². The monoisotopic (exact) mass is 384 g/mol. The lowest BCUT2D eigenvalue weighted by Crippen LogP contribution is -2.40. The molecule has 1 unspecified atom stereocenters. The molecule has 0 radical (unpaired) electrons. The van der Waals surface area contributed by atoms with Gasteiger partial charge in [0.25, 0.3) is 5.91 Å². The van der Waals surface area contributed by atoms with Gasteiger partial charge in [0.1, 0.15) is 12.6 Å². The number of rotatable bonds is 10. The molecule has 2 aromatic rings. The lowest BCUT2D eigenvalue weighted by atomic mass is 10.1. The Bertz CT molecular complexity index is 821. The highest BCUT2D eigenvalue weighted by molar-refractivity contribution is 5.97. The van der Waals surface area contributed by atoms with E-state index in [1.165, 1.54) is 0 Å². The number of nitrogens with one attached hydrogen (secondary N) is 1. The maximum Gasteiger partial charge on any atom is 0.326 e. The maximum atomic E-state index is 12.5. The zero-order valence-corrected chi connectivity index (χ0v) is 15.9. The molecule has 148 valence electrons. The van der Waals surface area contributed by atoms with Gasteiger partial charge in [-0.1, -0.05) is 18.2 Å². The Kier molecular flexibility index (Phi) is 8.02. The van der Waals surface area contributed by atoms with Crippen molar-refractivity contribution in [3.63, 3.8) is 0 Å². The summed E-state index contributed by atoms with van der Waals surface area (Å²) in [6.07, 6.45) is 7.04. The van der Waals surface area contributed by atoms with Crippen LogP contribution < -0.4 is 14.8 Å². The fourth-order valence-corrected chi connectivity index (χ4v) is 2.42. The Morgan fingerprint density at radius 1 is 1.25 bits per heavy atom. The summed E-state index contributed by atoms with van der Waals surface area (Å²) in [7, 11) is 0. The highest BCUT2D eigenvalue weighted by atomic mass is 16.5. The number of carbonyl (C=O) groups excluding carboxylic acids is 1. The second-order valence-corrected chi connectivity index (χ2v) is 5.91. The van der Waals surface area contributed by atoms with E-state index < -0.39 is 17.9 Å². The minimum Gasteiger partial charge on any atom is -0.490 e. The quantitative estimate of drug-likeness (QED) is 0.611. The van der Waals surface area contributed by atoms with Gasteiger partial charge in [0.05, 0.1) is 6.61 Å². The summed E-state index contributed by atoms with van der Waals surface area (Å²) in [6, 6.07) is 7.48. The van der Waals surface area contributed by atoms with Crippen LogP contribution in [0, 0.1) is 0 Å². The summed E-state index contributed by atoms with van der Waals surface area (Å²) in [5.41, 5.74) is 1.20. The number of carboxylic acids is 1. The molecule has 2 rings (SSSR count). The van der Waals surface area contributed by atoms with Crippen LogP contribution in [0.1, 0.15) is 36.2 Å². The van der Waals surface area contributed by atoms with Crippen LogP contribution in [0.5, 0.6) is 11.5 Å². The van der Waals surface area contributed by atoms with Crippen LogP contribution in [0.4, 0.5) is 0 Å². The summed E-state index contributed by atoms with van der Waals surface area (Å²) in [4.78, 5) is 27.8. The van der Waals surface area contributed by atoms with Crippen molar-refractivity contribution in [1.82, 2.24) is 10.3 Å². The van der Waals surface area contributed by atoms with E-state index in [1.807, 2.05) is 19.1 Å². The molecule has 0 fully saturated rings. The van der Waals surface area contributed by atoms with Gasteiger partial charge >= 0.3 is 5.97 Å². The maximum absolute atomic E-state index is 12.5. The van der Waals surface area contributed by atoms with Crippen LogP contribution in [0.25, 0.3) is 0 Å². The van der Waals surface area contributed by atoms with Crippen LogP contribution in [0.3, 0.4) is 0 Å². The average molecular weight is 384 g/mol. The van der Waals surface area contributed by atoms with Gasteiger partial charge in [-0.25, -0.2) is 4.79 Å². The molecule has 0 saturated heterocycles. The zero-order valence-electron chi connectivity index (χ0n) is 15.9. The number of nitrogens with zero attached hydrogens (tertiary/aromatic N) is 1. The number of carboxylic acid groups (broad SMARTS) is 1. The van der Waals surface area contributed by atoms with E-state index in [0.717, 1.165) is 5.56 Å².